The Labute approximate surface area is 107 Å². The zero-order valence-electron chi connectivity index (χ0n) is 10.6. The molecule has 1 heterocycles. The summed E-state index contributed by atoms with van der Waals surface area (Å²) in [7, 11) is 0. The van der Waals surface area contributed by atoms with E-state index in [0.717, 1.165) is 11.3 Å². The van der Waals surface area contributed by atoms with Crippen molar-refractivity contribution >= 4 is 5.82 Å². The summed E-state index contributed by atoms with van der Waals surface area (Å²) in [5.74, 6) is 6.77. The molecule has 3 N–H and O–H groups in total. The van der Waals surface area contributed by atoms with Crippen molar-refractivity contribution in [3.8, 4) is 5.75 Å². The van der Waals surface area contributed by atoms with Gasteiger partial charge in [-0.05, 0) is 43.2 Å². The Bertz CT molecular complexity index is 523. The van der Waals surface area contributed by atoms with Crippen molar-refractivity contribution in [2.75, 3.05) is 5.43 Å². The number of hydrogen-bond acceptors (Lipinski definition) is 4. The van der Waals surface area contributed by atoms with Gasteiger partial charge in [0.1, 0.15) is 18.2 Å². The van der Waals surface area contributed by atoms with E-state index in [0.29, 0.717) is 12.4 Å². The molecule has 2 rings (SSSR count). The first-order chi connectivity index (χ1) is 8.69. The predicted molar refractivity (Wildman–Crippen MR) is 72.3 cm³/mol. The maximum atomic E-state index is 5.71. The van der Waals surface area contributed by atoms with E-state index in [2.05, 4.69) is 30.3 Å². The third kappa shape index (κ3) is 2.99. The molecule has 1 aromatic carbocycles. The van der Waals surface area contributed by atoms with Gasteiger partial charge >= 0.3 is 0 Å². The van der Waals surface area contributed by atoms with Crippen molar-refractivity contribution < 1.29 is 4.74 Å². The van der Waals surface area contributed by atoms with Gasteiger partial charge in [0.05, 0.1) is 0 Å². The monoisotopic (exact) mass is 243 g/mol. The van der Waals surface area contributed by atoms with Gasteiger partial charge in [0.15, 0.2) is 0 Å². The molecular formula is C14H17N3O. The first-order valence-corrected chi connectivity index (χ1v) is 5.80. The Morgan fingerprint density at radius 2 is 2.00 bits per heavy atom. The molecule has 0 spiro atoms. The fourth-order valence-electron chi connectivity index (χ4n) is 1.57. The largest absolute Gasteiger partial charge is 0.489 e. The van der Waals surface area contributed by atoms with E-state index in [1.165, 1.54) is 11.1 Å². The number of nitrogens with two attached hydrogens (primary N) is 1. The van der Waals surface area contributed by atoms with Crippen LogP contribution in [0.3, 0.4) is 0 Å². The van der Waals surface area contributed by atoms with Crippen LogP contribution in [0.2, 0.25) is 0 Å². The molecular weight excluding hydrogens is 226 g/mol. The molecule has 0 amide bonds. The van der Waals surface area contributed by atoms with Crippen molar-refractivity contribution in [3.05, 3.63) is 53.2 Å². The van der Waals surface area contributed by atoms with E-state index < -0.39 is 0 Å². The van der Waals surface area contributed by atoms with E-state index in [9.17, 15) is 0 Å². The van der Waals surface area contributed by atoms with Gasteiger partial charge in [-0.3, -0.25) is 0 Å². The average Bonchev–Trinajstić information content (AvgIpc) is 2.41. The number of pyridine rings is 1. The van der Waals surface area contributed by atoms with Crippen molar-refractivity contribution in [2.24, 2.45) is 5.84 Å². The fraction of sp³-hybridized carbons (Fsp3) is 0.214. The SMILES string of the molecule is Cc1ccc(OCc2ccc(NN)nc2)cc1C. The van der Waals surface area contributed by atoms with Crippen molar-refractivity contribution in [2.45, 2.75) is 20.5 Å². The minimum atomic E-state index is 0.500. The lowest BCUT2D eigenvalue weighted by atomic mass is 10.1. The van der Waals surface area contributed by atoms with Crippen molar-refractivity contribution in [1.29, 1.82) is 0 Å². The Hall–Kier alpha value is -2.07. The summed E-state index contributed by atoms with van der Waals surface area (Å²) < 4.78 is 5.71. The lowest BCUT2D eigenvalue weighted by Crippen LogP contribution is -2.08. The smallest absolute Gasteiger partial charge is 0.139 e. The second-order valence-corrected chi connectivity index (χ2v) is 4.23. The maximum absolute atomic E-state index is 5.71. The summed E-state index contributed by atoms with van der Waals surface area (Å²) >= 11 is 0. The topological polar surface area (TPSA) is 60.2 Å². The number of ether oxygens (including phenoxy) is 1. The third-order valence-corrected chi connectivity index (χ3v) is 2.86. The van der Waals surface area contributed by atoms with E-state index in [4.69, 9.17) is 10.6 Å². The Morgan fingerprint density at radius 3 is 2.61 bits per heavy atom. The zero-order valence-corrected chi connectivity index (χ0v) is 10.6. The first-order valence-electron chi connectivity index (χ1n) is 5.80. The molecule has 1 aromatic heterocycles. The molecule has 2 aromatic rings. The molecule has 0 bridgehead atoms. The molecule has 0 atom stereocenters. The van der Waals surface area contributed by atoms with Crippen LogP contribution in [0.5, 0.6) is 5.75 Å². The lowest BCUT2D eigenvalue weighted by molar-refractivity contribution is 0.305. The highest BCUT2D eigenvalue weighted by Crippen LogP contribution is 2.17. The highest BCUT2D eigenvalue weighted by atomic mass is 16.5. The molecule has 0 saturated carbocycles. The lowest BCUT2D eigenvalue weighted by Gasteiger charge is -2.08. The van der Waals surface area contributed by atoms with Gasteiger partial charge in [-0.2, -0.15) is 0 Å². The van der Waals surface area contributed by atoms with Crippen LogP contribution in [0, 0.1) is 13.8 Å². The highest BCUT2D eigenvalue weighted by molar-refractivity contribution is 5.35. The van der Waals surface area contributed by atoms with Gasteiger partial charge < -0.3 is 10.2 Å². The molecule has 0 saturated heterocycles. The Kier molecular flexibility index (Phi) is 3.79. The second kappa shape index (κ2) is 5.51. The third-order valence-electron chi connectivity index (χ3n) is 2.86. The van der Waals surface area contributed by atoms with Crippen molar-refractivity contribution in [1.82, 2.24) is 4.98 Å². The number of nitrogen functional groups attached to an aromatic ring is 1. The van der Waals surface area contributed by atoms with Gasteiger partial charge in [-0.15, -0.1) is 0 Å². The molecule has 4 nitrogen and oxygen atoms in total. The number of nitrogens with one attached hydrogen (secondary N) is 1. The van der Waals surface area contributed by atoms with E-state index in [-0.39, 0.29) is 0 Å². The molecule has 0 aliphatic rings. The first kappa shape index (κ1) is 12.4. The molecule has 0 aliphatic carbocycles. The van der Waals surface area contributed by atoms with E-state index >= 15 is 0 Å². The molecule has 94 valence electrons. The summed E-state index contributed by atoms with van der Waals surface area (Å²) in [6, 6.07) is 9.83. The molecule has 0 aliphatic heterocycles. The number of aromatic nitrogens is 1. The fourth-order valence-corrected chi connectivity index (χ4v) is 1.57. The number of benzene rings is 1. The summed E-state index contributed by atoms with van der Waals surface area (Å²) in [4.78, 5) is 4.13. The van der Waals surface area contributed by atoms with Gasteiger partial charge in [0, 0.05) is 11.8 Å². The molecule has 4 heteroatoms. The van der Waals surface area contributed by atoms with Crippen molar-refractivity contribution in [3.63, 3.8) is 0 Å². The molecule has 0 unspecified atom stereocenters. The quantitative estimate of drug-likeness (QED) is 0.640. The minimum absolute atomic E-state index is 0.500. The van der Waals surface area contributed by atoms with Crippen LogP contribution in [-0.4, -0.2) is 4.98 Å². The Balaban J connectivity index is 1.99. The summed E-state index contributed by atoms with van der Waals surface area (Å²) in [5, 5.41) is 0. The molecule has 18 heavy (non-hydrogen) atoms. The summed E-state index contributed by atoms with van der Waals surface area (Å²) in [6.45, 7) is 4.66. The van der Waals surface area contributed by atoms with Gasteiger partial charge in [-0.25, -0.2) is 10.8 Å². The van der Waals surface area contributed by atoms with Crippen LogP contribution >= 0.6 is 0 Å². The van der Waals surface area contributed by atoms with Crippen LogP contribution in [0.25, 0.3) is 0 Å². The van der Waals surface area contributed by atoms with Crippen LogP contribution < -0.4 is 16.0 Å². The molecule has 0 fully saturated rings. The number of aryl methyl sites for hydroxylation is 2. The summed E-state index contributed by atoms with van der Waals surface area (Å²) in [5.41, 5.74) is 5.99. The normalized spacial score (nSPS) is 10.2. The Morgan fingerprint density at radius 1 is 1.17 bits per heavy atom. The zero-order chi connectivity index (χ0) is 13.0. The molecule has 0 radical (unpaired) electrons. The van der Waals surface area contributed by atoms with Crippen LogP contribution in [0.1, 0.15) is 16.7 Å². The highest BCUT2D eigenvalue weighted by Gasteiger charge is 1.99. The average molecular weight is 243 g/mol. The standard InChI is InChI=1S/C14H17N3O/c1-10-3-5-13(7-11(10)2)18-9-12-4-6-14(17-15)16-8-12/h3-8H,9,15H2,1-2H3,(H,16,17). The minimum Gasteiger partial charge on any atom is -0.489 e. The van der Waals surface area contributed by atoms with E-state index in [1.54, 1.807) is 6.20 Å². The van der Waals surface area contributed by atoms with Crippen LogP contribution in [-0.2, 0) is 6.61 Å². The van der Waals surface area contributed by atoms with Crippen LogP contribution in [0.4, 0.5) is 5.82 Å². The van der Waals surface area contributed by atoms with Gasteiger partial charge in [0.25, 0.3) is 0 Å². The van der Waals surface area contributed by atoms with Gasteiger partial charge in [-0.1, -0.05) is 12.1 Å². The number of anilines is 1. The van der Waals surface area contributed by atoms with E-state index in [1.807, 2.05) is 24.3 Å². The predicted octanol–water partition coefficient (Wildman–Crippen LogP) is 2.56. The maximum Gasteiger partial charge on any atom is 0.139 e. The van der Waals surface area contributed by atoms with Gasteiger partial charge in [0.2, 0.25) is 0 Å². The second-order valence-electron chi connectivity index (χ2n) is 4.23. The number of hydrogen-bond donors (Lipinski definition) is 2. The number of nitrogens with zero attached hydrogens (tertiary/aromatic N) is 1. The summed E-state index contributed by atoms with van der Waals surface area (Å²) in [6.07, 6.45) is 1.75. The number of rotatable bonds is 4. The number of hydrazine groups is 1. The van der Waals surface area contributed by atoms with Crippen LogP contribution in [0.15, 0.2) is 36.5 Å².